The first-order valence-corrected chi connectivity index (χ1v) is 11.2. The Hall–Kier alpha value is -2.12. The number of primary amides is 1. The monoisotopic (exact) mass is 413 g/mol. The van der Waals surface area contributed by atoms with E-state index in [9.17, 15) is 9.59 Å². The second-order valence-corrected chi connectivity index (χ2v) is 9.77. The van der Waals surface area contributed by atoms with Gasteiger partial charge in [0.05, 0.1) is 16.3 Å². The molecule has 2 aromatic heterocycles. The molecular formula is C21H23N3O2S2. The van der Waals surface area contributed by atoms with Crippen molar-refractivity contribution in [2.24, 2.45) is 5.73 Å². The lowest BCUT2D eigenvalue weighted by Gasteiger charge is -2.17. The summed E-state index contributed by atoms with van der Waals surface area (Å²) in [7, 11) is 0. The van der Waals surface area contributed by atoms with Gasteiger partial charge in [0.15, 0.2) is 5.16 Å². The first kappa shape index (κ1) is 19.2. The zero-order valence-corrected chi connectivity index (χ0v) is 17.9. The molecule has 0 saturated carbocycles. The van der Waals surface area contributed by atoms with Gasteiger partial charge in [-0.05, 0) is 63.6 Å². The summed E-state index contributed by atoms with van der Waals surface area (Å²) in [5.74, 6) is -0.419. The molecule has 146 valence electrons. The highest BCUT2D eigenvalue weighted by Gasteiger charge is 2.25. The van der Waals surface area contributed by atoms with E-state index >= 15 is 0 Å². The summed E-state index contributed by atoms with van der Waals surface area (Å²) in [6, 6.07) is 6.01. The van der Waals surface area contributed by atoms with Gasteiger partial charge in [0.25, 0.3) is 5.56 Å². The Labute approximate surface area is 172 Å². The van der Waals surface area contributed by atoms with E-state index < -0.39 is 11.2 Å². The number of nitrogens with two attached hydrogens (primary N) is 1. The van der Waals surface area contributed by atoms with Crippen molar-refractivity contribution >= 4 is 39.2 Å². The molecule has 0 spiro atoms. The number of hydrogen-bond acceptors (Lipinski definition) is 5. The quantitative estimate of drug-likeness (QED) is 0.520. The van der Waals surface area contributed by atoms with Crippen molar-refractivity contribution in [2.75, 3.05) is 0 Å². The standard InChI is InChI=1S/C21H23N3O2S2/c1-11-8-9-15(12(2)10-11)24-20(26)17-14-6-4-5-7-16(14)28-19(17)23-21(24)27-13(3)18(22)25/h8-10,13H,4-7H2,1-3H3,(H2,22,25)/t13-/m1/s1. The zero-order chi connectivity index (χ0) is 20.0. The van der Waals surface area contributed by atoms with Crippen LogP contribution in [0.3, 0.4) is 0 Å². The van der Waals surface area contributed by atoms with Crippen molar-refractivity contribution in [1.29, 1.82) is 0 Å². The minimum absolute atomic E-state index is 0.0458. The smallest absolute Gasteiger partial charge is 0.267 e. The van der Waals surface area contributed by atoms with Crippen LogP contribution in [-0.4, -0.2) is 20.7 Å². The normalized spacial score (nSPS) is 14.8. The molecule has 0 aliphatic heterocycles. The first-order valence-electron chi connectivity index (χ1n) is 9.47. The molecule has 1 atom stereocenters. The highest BCUT2D eigenvalue weighted by atomic mass is 32.2. The van der Waals surface area contributed by atoms with Gasteiger partial charge in [-0.1, -0.05) is 29.5 Å². The van der Waals surface area contributed by atoms with E-state index in [4.69, 9.17) is 10.7 Å². The molecule has 0 saturated heterocycles. The topological polar surface area (TPSA) is 78.0 Å². The largest absolute Gasteiger partial charge is 0.369 e. The highest BCUT2D eigenvalue weighted by Crippen LogP contribution is 2.36. The number of thioether (sulfide) groups is 1. The highest BCUT2D eigenvalue weighted by molar-refractivity contribution is 8.00. The van der Waals surface area contributed by atoms with E-state index in [1.165, 1.54) is 22.2 Å². The summed E-state index contributed by atoms with van der Waals surface area (Å²) >= 11 is 2.87. The van der Waals surface area contributed by atoms with Crippen LogP contribution in [0.25, 0.3) is 15.9 Å². The Balaban J connectivity index is 2.02. The number of aromatic nitrogens is 2. The van der Waals surface area contributed by atoms with Gasteiger partial charge in [-0.25, -0.2) is 4.98 Å². The number of carbonyl (C=O) groups is 1. The third kappa shape index (κ3) is 3.26. The second-order valence-electron chi connectivity index (χ2n) is 7.38. The molecule has 7 heteroatoms. The summed E-state index contributed by atoms with van der Waals surface area (Å²) in [5, 5.41) is 0.793. The number of benzene rings is 1. The number of thiophene rings is 1. The molecule has 28 heavy (non-hydrogen) atoms. The Bertz CT molecular complexity index is 1150. The lowest BCUT2D eigenvalue weighted by atomic mass is 9.97. The molecule has 2 heterocycles. The van der Waals surface area contributed by atoms with Gasteiger partial charge in [0, 0.05) is 4.88 Å². The van der Waals surface area contributed by atoms with Crippen LogP contribution in [0.4, 0.5) is 0 Å². The van der Waals surface area contributed by atoms with Crippen molar-refractivity contribution in [1.82, 2.24) is 9.55 Å². The third-order valence-electron chi connectivity index (χ3n) is 5.23. The Morgan fingerprint density at radius 2 is 2.04 bits per heavy atom. The minimum Gasteiger partial charge on any atom is -0.369 e. The second kappa shape index (κ2) is 7.37. The molecule has 1 aliphatic rings. The minimum atomic E-state index is -0.476. The number of fused-ring (bicyclic) bond motifs is 3. The van der Waals surface area contributed by atoms with E-state index in [2.05, 4.69) is 6.07 Å². The van der Waals surface area contributed by atoms with Gasteiger partial charge < -0.3 is 5.73 Å². The van der Waals surface area contributed by atoms with Crippen LogP contribution in [0.5, 0.6) is 0 Å². The molecule has 3 aromatic rings. The number of amides is 1. The number of rotatable bonds is 4. The van der Waals surface area contributed by atoms with E-state index in [0.717, 1.165) is 52.7 Å². The summed E-state index contributed by atoms with van der Waals surface area (Å²) in [5.41, 5.74) is 9.54. The van der Waals surface area contributed by atoms with Gasteiger partial charge in [-0.2, -0.15) is 0 Å². The predicted molar refractivity (Wildman–Crippen MR) is 116 cm³/mol. The first-order chi connectivity index (χ1) is 13.4. The fourth-order valence-corrected chi connectivity index (χ4v) is 5.92. The van der Waals surface area contributed by atoms with Crippen LogP contribution in [0.15, 0.2) is 28.2 Å². The third-order valence-corrected chi connectivity index (χ3v) is 7.49. The molecule has 4 rings (SSSR count). The van der Waals surface area contributed by atoms with E-state index in [1.54, 1.807) is 22.8 Å². The van der Waals surface area contributed by atoms with Gasteiger partial charge in [-0.3, -0.25) is 14.2 Å². The lowest BCUT2D eigenvalue weighted by molar-refractivity contribution is -0.117. The van der Waals surface area contributed by atoms with Crippen LogP contribution in [0.1, 0.15) is 41.3 Å². The summed E-state index contributed by atoms with van der Waals surface area (Å²) in [6.45, 7) is 5.77. The Morgan fingerprint density at radius 1 is 1.29 bits per heavy atom. The van der Waals surface area contributed by atoms with Gasteiger partial charge >= 0.3 is 0 Å². The predicted octanol–water partition coefficient (Wildman–Crippen LogP) is 3.91. The number of hydrogen-bond donors (Lipinski definition) is 1. The lowest BCUT2D eigenvalue weighted by Crippen LogP contribution is -2.27. The SMILES string of the molecule is Cc1ccc(-n2c(S[C@H](C)C(N)=O)nc3sc4c(c3c2=O)CCCC4)c(C)c1. The van der Waals surface area contributed by atoms with Crippen LogP contribution < -0.4 is 11.3 Å². The molecular weight excluding hydrogens is 390 g/mol. The van der Waals surface area contributed by atoms with E-state index in [1.807, 2.05) is 26.0 Å². The van der Waals surface area contributed by atoms with Crippen LogP contribution in [0.2, 0.25) is 0 Å². The van der Waals surface area contributed by atoms with Crippen molar-refractivity contribution in [2.45, 2.75) is 56.9 Å². The average Bonchev–Trinajstić information content (AvgIpc) is 3.01. The van der Waals surface area contributed by atoms with Gasteiger partial charge in [-0.15, -0.1) is 11.3 Å². The Kier molecular flexibility index (Phi) is 5.05. The zero-order valence-electron chi connectivity index (χ0n) is 16.2. The number of nitrogens with zero attached hydrogens (tertiary/aromatic N) is 2. The molecule has 1 amide bonds. The van der Waals surface area contributed by atoms with Crippen molar-refractivity contribution in [3.8, 4) is 5.69 Å². The van der Waals surface area contributed by atoms with Crippen molar-refractivity contribution in [3.05, 3.63) is 50.1 Å². The van der Waals surface area contributed by atoms with E-state index in [0.29, 0.717) is 5.16 Å². The fraction of sp³-hybridized carbons (Fsp3) is 0.381. The molecule has 5 nitrogen and oxygen atoms in total. The van der Waals surface area contributed by atoms with Crippen LogP contribution >= 0.6 is 23.1 Å². The van der Waals surface area contributed by atoms with Crippen molar-refractivity contribution < 1.29 is 4.79 Å². The maximum absolute atomic E-state index is 13.7. The maximum atomic E-state index is 13.7. The molecule has 1 aliphatic carbocycles. The summed E-state index contributed by atoms with van der Waals surface area (Å²) < 4.78 is 1.67. The molecule has 2 N–H and O–H groups in total. The molecule has 0 unspecified atom stereocenters. The van der Waals surface area contributed by atoms with E-state index in [-0.39, 0.29) is 5.56 Å². The average molecular weight is 414 g/mol. The summed E-state index contributed by atoms with van der Waals surface area (Å²) in [6.07, 6.45) is 4.21. The van der Waals surface area contributed by atoms with Gasteiger partial charge in [0.2, 0.25) is 5.91 Å². The molecule has 0 fully saturated rings. The van der Waals surface area contributed by atoms with Crippen LogP contribution in [-0.2, 0) is 17.6 Å². The molecule has 0 bridgehead atoms. The Morgan fingerprint density at radius 3 is 2.75 bits per heavy atom. The number of carbonyl (C=O) groups excluding carboxylic acids is 1. The fourth-order valence-electron chi connectivity index (χ4n) is 3.75. The summed E-state index contributed by atoms with van der Waals surface area (Å²) in [4.78, 5) is 32.2. The van der Waals surface area contributed by atoms with Gasteiger partial charge in [0.1, 0.15) is 4.83 Å². The molecule has 0 radical (unpaired) electrons. The van der Waals surface area contributed by atoms with Crippen LogP contribution in [0, 0.1) is 13.8 Å². The van der Waals surface area contributed by atoms with Crippen molar-refractivity contribution in [3.63, 3.8) is 0 Å². The molecule has 1 aromatic carbocycles. The maximum Gasteiger partial charge on any atom is 0.267 e. The number of aryl methyl sites for hydroxylation is 4.